The number of anilines is 1. The van der Waals surface area contributed by atoms with Crippen LogP contribution in [-0.2, 0) is 4.79 Å². The molecule has 1 aliphatic rings. The van der Waals surface area contributed by atoms with Crippen molar-refractivity contribution in [2.24, 2.45) is 5.41 Å². The number of hydrogen-bond acceptors (Lipinski definition) is 6. The van der Waals surface area contributed by atoms with Crippen LogP contribution in [0.2, 0.25) is 0 Å². The largest absolute Gasteiger partial charge is 0.481 e. The molecule has 1 aliphatic heterocycles. The first kappa shape index (κ1) is 12.8. The van der Waals surface area contributed by atoms with Gasteiger partial charge in [0.1, 0.15) is 0 Å². The van der Waals surface area contributed by atoms with Gasteiger partial charge in [0.25, 0.3) is 0 Å². The van der Waals surface area contributed by atoms with Gasteiger partial charge >= 0.3 is 5.97 Å². The third-order valence-corrected chi connectivity index (χ3v) is 3.95. The Morgan fingerprint density at radius 1 is 1.50 bits per heavy atom. The van der Waals surface area contributed by atoms with E-state index in [1.54, 1.807) is 16.9 Å². The van der Waals surface area contributed by atoms with Crippen LogP contribution in [-0.4, -0.2) is 49.2 Å². The van der Waals surface area contributed by atoms with Crippen LogP contribution < -0.4 is 4.90 Å². The number of nitrogens with zero attached hydrogens (tertiary/aromatic N) is 6. The molecule has 0 bridgehead atoms. The lowest BCUT2D eigenvalue weighted by Crippen LogP contribution is -2.35. The number of tetrazole rings is 1. The second-order valence-electron chi connectivity index (χ2n) is 5.22. The molecule has 1 N–H and O–H groups in total. The minimum atomic E-state index is -0.723. The van der Waals surface area contributed by atoms with Gasteiger partial charge in [0.15, 0.2) is 11.5 Å². The maximum Gasteiger partial charge on any atom is 0.311 e. The minimum absolute atomic E-state index is 0.469. The Labute approximate surface area is 115 Å². The van der Waals surface area contributed by atoms with Crippen molar-refractivity contribution in [3.63, 3.8) is 0 Å². The molecule has 1 fully saturated rings. The summed E-state index contributed by atoms with van der Waals surface area (Å²) < 4.78 is 1.59. The zero-order valence-electron chi connectivity index (χ0n) is 11.2. The fourth-order valence-electron chi connectivity index (χ4n) is 2.91. The molecule has 0 radical (unpaired) electrons. The number of rotatable bonds is 4. The predicted molar refractivity (Wildman–Crippen MR) is 70.4 cm³/mol. The Balaban J connectivity index is 1.93. The van der Waals surface area contributed by atoms with Gasteiger partial charge in [0, 0.05) is 13.1 Å². The van der Waals surface area contributed by atoms with Gasteiger partial charge in [-0.3, -0.25) is 9.78 Å². The van der Waals surface area contributed by atoms with E-state index >= 15 is 0 Å². The van der Waals surface area contributed by atoms with E-state index in [2.05, 4.69) is 20.5 Å². The van der Waals surface area contributed by atoms with E-state index < -0.39 is 11.4 Å². The summed E-state index contributed by atoms with van der Waals surface area (Å²) in [7, 11) is 0. The summed E-state index contributed by atoms with van der Waals surface area (Å²) >= 11 is 0. The molecule has 3 rings (SSSR count). The average Bonchev–Trinajstić information content (AvgIpc) is 3.05. The number of aromatic nitrogens is 5. The average molecular weight is 276 g/mol. The molecule has 2 aromatic heterocycles. The van der Waals surface area contributed by atoms with Gasteiger partial charge in [0.05, 0.1) is 17.8 Å². The Hall–Kier alpha value is -2.25. The third kappa shape index (κ3) is 1.87. The lowest BCUT2D eigenvalue weighted by atomic mass is 9.83. The van der Waals surface area contributed by atoms with Crippen molar-refractivity contribution in [1.29, 1.82) is 0 Å². The topological polar surface area (TPSA) is 96.5 Å². The summed E-state index contributed by atoms with van der Waals surface area (Å²) in [6.45, 7) is 3.15. The molecule has 3 heterocycles. The van der Waals surface area contributed by atoms with Crippen molar-refractivity contribution in [3.8, 4) is 0 Å². The molecule has 0 spiro atoms. The lowest BCUT2D eigenvalue weighted by Gasteiger charge is -2.24. The molecular formula is C12H16N6O2. The second kappa shape index (κ2) is 4.69. The first-order valence-electron chi connectivity index (χ1n) is 6.67. The van der Waals surface area contributed by atoms with Crippen LogP contribution in [0.25, 0.3) is 5.65 Å². The summed E-state index contributed by atoms with van der Waals surface area (Å²) in [5.74, 6) is 0.0189. The van der Waals surface area contributed by atoms with Gasteiger partial charge in [-0.15, -0.1) is 5.10 Å². The van der Waals surface area contributed by atoms with Crippen LogP contribution in [0.5, 0.6) is 0 Å². The SMILES string of the molecule is CCCC1(C(=O)O)CCN(c2cncc3nnnn23)C1. The molecule has 1 saturated heterocycles. The fourth-order valence-corrected chi connectivity index (χ4v) is 2.91. The van der Waals surface area contributed by atoms with Crippen molar-refractivity contribution in [2.75, 3.05) is 18.0 Å². The molecule has 2 aromatic rings. The van der Waals surface area contributed by atoms with E-state index in [9.17, 15) is 9.90 Å². The monoisotopic (exact) mass is 276 g/mol. The molecule has 0 aromatic carbocycles. The van der Waals surface area contributed by atoms with Crippen molar-refractivity contribution < 1.29 is 9.90 Å². The highest BCUT2D eigenvalue weighted by atomic mass is 16.4. The van der Waals surface area contributed by atoms with E-state index in [4.69, 9.17) is 0 Å². The van der Waals surface area contributed by atoms with Crippen LogP contribution in [0.4, 0.5) is 5.82 Å². The number of fused-ring (bicyclic) bond motifs is 1. The molecule has 1 unspecified atom stereocenters. The number of carbonyl (C=O) groups is 1. The van der Waals surface area contributed by atoms with E-state index in [1.165, 1.54) is 0 Å². The summed E-state index contributed by atoms with van der Waals surface area (Å²) in [6.07, 6.45) is 5.42. The number of hydrogen-bond donors (Lipinski definition) is 1. The zero-order valence-corrected chi connectivity index (χ0v) is 11.2. The highest BCUT2D eigenvalue weighted by molar-refractivity contribution is 5.76. The maximum atomic E-state index is 11.6. The normalized spacial score (nSPS) is 22.6. The third-order valence-electron chi connectivity index (χ3n) is 3.95. The van der Waals surface area contributed by atoms with Crippen molar-refractivity contribution in [3.05, 3.63) is 12.4 Å². The molecule has 1 atom stereocenters. The Morgan fingerprint density at radius 3 is 3.10 bits per heavy atom. The molecule has 8 nitrogen and oxygen atoms in total. The molecule has 0 amide bonds. The van der Waals surface area contributed by atoms with Crippen LogP contribution in [0.1, 0.15) is 26.2 Å². The summed E-state index contributed by atoms with van der Waals surface area (Å²) in [4.78, 5) is 17.7. The molecule has 0 aliphatic carbocycles. The van der Waals surface area contributed by atoms with Crippen LogP contribution in [0.15, 0.2) is 12.4 Å². The Kier molecular flexibility index (Phi) is 3.00. The second-order valence-corrected chi connectivity index (χ2v) is 5.22. The van der Waals surface area contributed by atoms with E-state index in [0.717, 1.165) is 12.2 Å². The standard InChI is InChI=1S/C12H16N6O2/c1-2-3-12(11(19)20)4-5-17(8-12)10-7-13-6-9-14-15-16-18(9)10/h6-7H,2-5,8H2,1H3,(H,19,20). The number of carboxylic acid groups (broad SMARTS) is 1. The summed E-state index contributed by atoms with van der Waals surface area (Å²) in [6, 6.07) is 0. The van der Waals surface area contributed by atoms with Gasteiger partial charge in [0.2, 0.25) is 0 Å². The minimum Gasteiger partial charge on any atom is -0.481 e. The van der Waals surface area contributed by atoms with Crippen molar-refractivity contribution in [2.45, 2.75) is 26.2 Å². The van der Waals surface area contributed by atoms with Gasteiger partial charge in [-0.1, -0.05) is 13.3 Å². The zero-order chi connectivity index (χ0) is 14.2. The first-order valence-corrected chi connectivity index (χ1v) is 6.67. The highest BCUT2D eigenvalue weighted by Crippen LogP contribution is 2.37. The summed E-state index contributed by atoms with van der Waals surface area (Å²) in [5.41, 5.74) is -0.115. The van der Waals surface area contributed by atoms with Gasteiger partial charge < -0.3 is 10.0 Å². The van der Waals surface area contributed by atoms with E-state index in [1.807, 2.05) is 11.8 Å². The first-order chi connectivity index (χ1) is 9.66. The quantitative estimate of drug-likeness (QED) is 0.873. The molecule has 20 heavy (non-hydrogen) atoms. The van der Waals surface area contributed by atoms with Gasteiger partial charge in [-0.25, -0.2) is 0 Å². The molecule has 106 valence electrons. The Bertz CT molecular complexity index is 642. The van der Waals surface area contributed by atoms with Crippen LogP contribution in [0, 0.1) is 5.41 Å². The van der Waals surface area contributed by atoms with E-state index in [-0.39, 0.29) is 0 Å². The van der Waals surface area contributed by atoms with Gasteiger partial charge in [-0.2, -0.15) is 4.52 Å². The van der Waals surface area contributed by atoms with Gasteiger partial charge in [-0.05, 0) is 23.3 Å². The maximum absolute atomic E-state index is 11.6. The van der Waals surface area contributed by atoms with Crippen molar-refractivity contribution in [1.82, 2.24) is 25.0 Å². The fraction of sp³-hybridized carbons (Fsp3) is 0.583. The van der Waals surface area contributed by atoms with Crippen molar-refractivity contribution >= 4 is 17.4 Å². The summed E-state index contributed by atoms with van der Waals surface area (Å²) in [5, 5.41) is 20.9. The molecular weight excluding hydrogens is 260 g/mol. The molecule has 0 saturated carbocycles. The Morgan fingerprint density at radius 2 is 2.35 bits per heavy atom. The number of aliphatic carboxylic acids is 1. The highest BCUT2D eigenvalue weighted by Gasteiger charge is 2.44. The smallest absolute Gasteiger partial charge is 0.311 e. The molecule has 8 heteroatoms. The van der Waals surface area contributed by atoms with E-state index in [0.29, 0.717) is 31.6 Å². The lowest BCUT2D eigenvalue weighted by molar-refractivity contribution is -0.148. The number of carboxylic acids is 1. The van der Waals surface area contributed by atoms with Crippen LogP contribution in [0.3, 0.4) is 0 Å². The van der Waals surface area contributed by atoms with Crippen LogP contribution >= 0.6 is 0 Å². The predicted octanol–water partition coefficient (Wildman–Crippen LogP) is 0.600.